The van der Waals surface area contributed by atoms with Crippen LogP contribution < -0.4 is 11.3 Å². The number of aromatic amines is 1. The van der Waals surface area contributed by atoms with Crippen molar-refractivity contribution in [3.8, 4) is 0 Å². The van der Waals surface area contributed by atoms with Crippen molar-refractivity contribution < 1.29 is 14.9 Å². The predicted molar refractivity (Wildman–Crippen MR) is 93.3 cm³/mol. The lowest BCUT2D eigenvalue weighted by Gasteiger charge is -2.31. The Kier molecular flexibility index (Phi) is 3.98. The summed E-state index contributed by atoms with van der Waals surface area (Å²) < 4.78 is 7.70. The number of nitrogens with two attached hydrogens (primary N) is 1. The second-order valence-corrected chi connectivity index (χ2v) is 6.46. The van der Waals surface area contributed by atoms with Crippen LogP contribution in [0.1, 0.15) is 12.0 Å². The lowest BCUT2D eigenvalue weighted by molar-refractivity contribution is -0.114. The van der Waals surface area contributed by atoms with Gasteiger partial charge >= 0.3 is 0 Å². The van der Waals surface area contributed by atoms with Crippen molar-refractivity contribution in [2.24, 2.45) is 0 Å². The molecule has 0 saturated carbocycles. The van der Waals surface area contributed by atoms with Gasteiger partial charge in [0.25, 0.3) is 5.56 Å². The first-order valence-electron chi connectivity index (χ1n) is 8.26. The Labute approximate surface area is 148 Å². The van der Waals surface area contributed by atoms with E-state index in [1.54, 1.807) is 4.57 Å². The minimum Gasteiger partial charge on any atom is -0.394 e. The maximum Gasteiger partial charge on any atom is 0.280 e. The van der Waals surface area contributed by atoms with E-state index in [4.69, 9.17) is 10.5 Å². The van der Waals surface area contributed by atoms with Crippen molar-refractivity contribution in [2.45, 2.75) is 30.8 Å². The van der Waals surface area contributed by atoms with E-state index in [0.717, 1.165) is 5.56 Å². The van der Waals surface area contributed by atoms with E-state index in [1.165, 1.54) is 6.33 Å². The molecule has 1 aliphatic rings. The van der Waals surface area contributed by atoms with E-state index in [9.17, 15) is 15.0 Å². The van der Waals surface area contributed by atoms with Gasteiger partial charge in [0.05, 0.1) is 19.0 Å². The van der Waals surface area contributed by atoms with Crippen LogP contribution >= 0.6 is 0 Å². The Morgan fingerprint density at radius 1 is 1.38 bits per heavy atom. The Morgan fingerprint density at radius 3 is 2.85 bits per heavy atom. The lowest BCUT2D eigenvalue weighted by atomic mass is 9.97. The maximum absolute atomic E-state index is 12.1. The first kappa shape index (κ1) is 16.7. The molecule has 3 atom stereocenters. The number of anilines is 1. The number of hydrogen-bond donors (Lipinski definition) is 4. The normalized spacial score (nSPS) is 25.8. The molecule has 4 rings (SSSR count). The van der Waals surface area contributed by atoms with Crippen LogP contribution in [0.2, 0.25) is 0 Å². The van der Waals surface area contributed by atoms with E-state index in [-0.39, 0.29) is 30.1 Å². The van der Waals surface area contributed by atoms with Crippen LogP contribution in [0.3, 0.4) is 0 Å². The minimum absolute atomic E-state index is 0.0311. The fraction of sp³-hybridized carbons (Fsp3) is 0.353. The van der Waals surface area contributed by atoms with E-state index >= 15 is 0 Å². The smallest absolute Gasteiger partial charge is 0.280 e. The van der Waals surface area contributed by atoms with E-state index in [2.05, 4.69) is 15.0 Å². The Hall–Kier alpha value is -2.75. The summed E-state index contributed by atoms with van der Waals surface area (Å²) in [7, 11) is 0. The lowest BCUT2D eigenvalue weighted by Crippen LogP contribution is -2.36. The minimum atomic E-state index is -1.05. The van der Waals surface area contributed by atoms with E-state index < -0.39 is 23.5 Å². The van der Waals surface area contributed by atoms with Gasteiger partial charge in [-0.1, -0.05) is 30.3 Å². The van der Waals surface area contributed by atoms with Crippen molar-refractivity contribution in [3.63, 3.8) is 0 Å². The number of aliphatic hydroxyl groups is 2. The van der Waals surface area contributed by atoms with Crippen molar-refractivity contribution in [2.75, 3.05) is 12.3 Å². The zero-order chi connectivity index (χ0) is 18.3. The summed E-state index contributed by atoms with van der Waals surface area (Å²) in [5.74, 6) is -0.0311. The zero-order valence-electron chi connectivity index (χ0n) is 13.9. The summed E-state index contributed by atoms with van der Waals surface area (Å²) in [5.41, 5.74) is 5.58. The van der Waals surface area contributed by atoms with E-state index in [0.29, 0.717) is 6.42 Å². The summed E-state index contributed by atoms with van der Waals surface area (Å²) in [6.45, 7) is -0.319. The van der Waals surface area contributed by atoms with Crippen molar-refractivity contribution in [3.05, 3.63) is 52.6 Å². The van der Waals surface area contributed by atoms with Crippen LogP contribution in [0.4, 0.5) is 5.95 Å². The number of fused-ring (bicyclic) bond motifs is 1. The number of ether oxygens (including phenoxy) is 1. The Bertz CT molecular complexity index is 986. The van der Waals surface area contributed by atoms with Crippen LogP contribution in [-0.2, 0) is 16.9 Å². The number of rotatable bonds is 4. The second-order valence-electron chi connectivity index (χ2n) is 6.46. The molecule has 0 radical (unpaired) electrons. The monoisotopic (exact) mass is 357 g/mol. The van der Waals surface area contributed by atoms with Gasteiger partial charge in [-0.25, -0.2) is 4.98 Å². The maximum atomic E-state index is 12.1. The second kappa shape index (κ2) is 6.20. The molecule has 2 aromatic heterocycles. The molecule has 5 N–H and O–H groups in total. The molecule has 26 heavy (non-hydrogen) atoms. The van der Waals surface area contributed by atoms with Gasteiger partial charge in [0.2, 0.25) is 5.95 Å². The molecule has 9 nitrogen and oxygen atoms in total. The first-order chi connectivity index (χ1) is 12.5. The number of hydrogen-bond acceptors (Lipinski definition) is 7. The molecule has 3 aromatic rings. The molecule has 0 amide bonds. The molecule has 1 saturated heterocycles. The van der Waals surface area contributed by atoms with E-state index in [1.807, 2.05) is 30.3 Å². The van der Waals surface area contributed by atoms with Gasteiger partial charge in [-0.3, -0.25) is 14.3 Å². The average molecular weight is 357 g/mol. The molecule has 1 fully saturated rings. The quantitative estimate of drug-likeness (QED) is 0.504. The zero-order valence-corrected chi connectivity index (χ0v) is 13.9. The highest BCUT2D eigenvalue weighted by molar-refractivity contribution is 5.70. The van der Waals surface area contributed by atoms with Gasteiger partial charge in [0.15, 0.2) is 16.9 Å². The first-order valence-corrected chi connectivity index (χ1v) is 8.26. The number of benzene rings is 1. The molecular formula is C17H19N5O4. The number of imidazole rings is 1. The number of nitrogens with one attached hydrogen (secondary N) is 1. The Morgan fingerprint density at radius 2 is 2.15 bits per heavy atom. The van der Waals surface area contributed by atoms with Gasteiger partial charge in [-0.05, 0) is 5.56 Å². The van der Waals surface area contributed by atoms with Crippen LogP contribution in [0.15, 0.2) is 41.5 Å². The summed E-state index contributed by atoms with van der Waals surface area (Å²) in [6.07, 6.45) is 0.478. The summed E-state index contributed by atoms with van der Waals surface area (Å²) in [4.78, 5) is 22.9. The molecule has 0 bridgehead atoms. The SMILES string of the molecule is Nc1nc2c(ncn2[C@@]2(Cc3ccccc3)C[C@H](O)[C@@H](CO)O2)c(=O)[nH]1. The third-order valence-corrected chi connectivity index (χ3v) is 4.70. The third-order valence-electron chi connectivity index (χ3n) is 4.70. The molecule has 0 unspecified atom stereocenters. The van der Waals surface area contributed by atoms with Gasteiger partial charge in [-0.2, -0.15) is 4.98 Å². The van der Waals surface area contributed by atoms with Gasteiger partial charge in [0.1, 0.15) is 6.10 Å². The molecule has 0 spiro atoms. The predicted octanol–water partition coefficient (Wildman–Crippen LogP) is -0.261. The number of nitrogens with zero attached hydrogens (tertiary/aromatic N) is 3. The fourth-order valence-corrected chi connectivity index (χ4v) is 3.52. The number of aliphatic hydroxyl groups excluding tert-OH is 2. The number of aromatic nitrogens is 4. The largest absolute Gasteiger partial charge is 0.394 e. The van der Waals surface area contributed by atoms with Gasteiger partial charge in [0, 0.05) is 12.8 Å². The highest BCUT2D eigenvalue weighted by Crippen LogP contribution is 2.39. The molecule has 9 heteroatoms. The van der Waals surface area contributed by atoms with Crippen LogP contribution in [0, 0.1) is 0 Å². The van der Waals surface area contributed by atoms with Gasteiger partial charge < -0.3 is 20.7 Å². The number of nitrogen functional groups attached to an aromatic ring is 1. The summed E-state index contributed by atoms with van der Waals surface area (Å²) in [5, 5.41) is 19.9. The standard InChI is InChI=1S/C17H19N5O4/c18-16-20-14-13(15(25)21-16)19-9-22(14)17(6-10-4-2-1-3-5-10)7-11(24)12(8-23)26-17/h1-5,9,11-12,23-24H,6-8H2,(H3,18,20,21,25)/t11-,12+,17+/m0/s1. The molecule has 3 heterocycles. The average Bonchev–Trinajstić information content (AvgIpc) is 3.17. The Balaban J connectivity index is 1.88. The third kappa shape index (κ3) is 2.66. The topological polar surface area (TPSA) is 139 Å². The van der Waals surface area contributed by atoms with Crippen LogP contribution in [-0.4, -0.2) is 48.5 Å². The molecule has 136 valence electrons. The van der Waals surface area contributed by atoms with Gasteiger partial charge in [-0.15, -0.1) is 0 Å². The summed E-state index contributed by atoms with van der Waals surface area (Å²) >= 11 is 0. The van der Waals surface area contributed by atoms with Crippen molar-refractivity contribution in [1.82, 2.24) is 19.5 Å². The molecular weight excluding hydrogens is 338 g/mol. The molecule has 0 aliphatic carbocycles. The van der Waals surface area contributed by atoms with Crippen molar-refractivity contribution >= 4 is 17.1 Å². The number of H-pyrrole nitrogens is 1. The molecule has 1 aliphatic heterocycles. The van der Waals surface area contributed by atoms with Crippen molar-refractivity contribution in [1.29, 1.82) is 0 Å². The molecule has 1 aromatic carbocycles. The fourth-order valence-electron chi connectivity index (χ4n) is 3.52. The highest BCUT2D eigenvalue weighted by Gasteiger charge is 2.48. The van der Waals surface area contributed by atoms with Crippen LogP contribution in [0.25, 0.3) is 11.2 Å². The highest BCUT2D eigenvalue weighted by atomic mass is 16.6. The summed E-state index contributed by atoms with van der Waals surface area (Å²) in [6, 6.07) is 9.61. The van der Waals surface area contributed by atoms with Crippen LogP contribution in [0.5, 0.6) is 0 Å².